The minimum absolute atomic E-state index is 0.00926. The van der Waals surface area contributed by atoms with Crippen LogP contribution in [0.4, 0.5) is 5.69 Å². The van der Waals surface area contributed by atoms with Gasteiger partial charge in [0, 0.05) is 17.1 Å². The molecule has 0 atom stereocenters. The predicted octanol–water partition coefficient (Wildman–Crippen LogP) is 2.46. The Morgan fingerprint density at radius 1 is 1.38 bits per heavy atom. The van der Waals surface area contributed by atoms with E-state index >= 15 is 0 Å². The Kier molecular flexibility index (Phi) is 2.44. The van der Waals surface area contributed by atoms with Crippen molar-refractivity contribution in [2.24, 2.45) is 0 Å². The average molecular weight is 218 g/mol. The summed E-state index contributed by atoms with van der Waals surface area (Å²) in [4.78, 5) is 14.6. The monoisotopic (exact) mass is 218 g/mol. The van der Waals surface area contributed by atoms with Crippen molar-refractivity contribution in [1.29, 1.82) is 0 Å². The average Bonchev–Trinajstić information content (AvgIpc) is 2.27. The second-order valence-corrected chi connectivity index (χ2v) is 3.43. The zero-order valence-corrected chi connectivity index (χ0v) is 8.93. The first-order valence-corrected chi connectivity index (χ1v) is 4.71. The zero-order valence-electron chi connectivity index (χ0n) is 8.93. The van der Waals surface area contributed by atoms with Crippen molar-refractivity contribution in [3.63, 3.8) is 0 Å². The number of benzene rings is 1. The smallest absolute Gasteiger partial charge is 0.273 e. The van der Waals surface area contributed by atoms with Crippen LogP contribution in [0.5, 0.6) is 5.75 Å². The van der Waals surface area contributed by atoms with Gasteiger partial charge in [-0.15, -0.1) is 0 Å². The lowest BCUT2D eigenvalue weighted by Gasteiger charge is -2.05. The molecule has 1 heterocycles. The minimum Gasteiger partial charge on any atom is -0.494 e. The van der Waals surface area contributed by atoms with E-state index in [4.69, 9.17) is 4.74 Å². The molecule has 0 amide bonds. The predicted molar refractivity (Wildman–Crippen MR) is 59.7 cm³/mol. The third-order valence-corrected chi connectivity index (χ3v) is 2.31. The van der Waals surface area contributed by atoms with Crippen LogP contribution in [0.15, 0.2) is 24.3 Å². The molecule has 0 aliphatic carbocycles. The van der Waals surface area contributed by atoms with Gasteiger partial charge in [-0.1, -0.05) is 6.07 Å². The Bertz CT molecular complexity index is 566. The number of fused-ring (bicyclic) bond motifs is 1. The number of nitro benzene ring substituents is 1. The van der Waals surface area contributed by atoms with Crippen molar-refractivity contribution in [1.82, 2.24) is 4.98 Å². The van der Waals surface area contributed by atoms with E-state index in [0.717, 1.165) is 5.69 Å². The molecule has 2 rings (SSSR count). The molecule has 0 saturated carbocycles. The fraction of sp³-hybridized carbons (Fsp3) is 0.182. The molecule has 0 saturated heterocycles. The van der Waals surface area contributed by atoms with Crippen LogP contribution in [-0.4, -0.2) is 17.0 Å². The Labute approximate surface area is 91.8 Å². The molecule has 0 aliphatic heterocycles. The van der Waals surface area contributed by atoms with E-state index < -0.39 is 4.92 Å². The lowest BCUT2D eigenvalue weighted by atomic mass is 10.1. The first kappa shape index (κ1) is 10.4. The molecule has 82 valence electrons. The van der Waals surface area contributed by atoms with Crippen molar-refractivity contribution in [3.05, 3.63) is 40.1 Å². The maximum atomic E-state index is 10.7. The molecular weight excluding hydrogens is 208 g/mol. The van der Waals surface area contributed by atoms with Crippen LogP contribution < -0.4 is 4.74 Å². The third kappa shape index (κ3) is 1.67. The number of aryl methyl sites for hydroxylation is 1. The first-order chi connectivity index (χ1) is 7.61. The summed E-state index contributed by atoms with van der Waals surface area (Å²) in [6, 6.07) is 6.48. The van der Waals surface area contributed by atoms with Gasteiger partial charge in [0.05, 0.1) is 18.1 Å². The fourth-order valence-electron chi connectivity index (χ4n) is 1.55. The van der Waals surface area contributed by atoms with Crippen molar-refractivity contribution in [2.45, 2.75) is 6.92 Å². The highest BCUT2D eigenvalue weighted by atomic mass is 16.6. The number of aromatic nitrogens is 1. The maximum absolute atomic E-state index is 10.7. The van der Waals surface area contributed by atoms with Crippen molar-refractivity contribution < 1.29 is 9.66 Å². The summed E-state index contributed by atoms with van der Waals surface area (Å²) in [7, 11) is 1.47. The minimum atomic E-state index is -0.443. The van der Waals surface area contributed by atoms with Gasteiger partial charge in [-0.25, -0.2) is 4.98 Å². The molecule has 2 aromatic rings. The molecule has 0 radical (unpaired) electrons. The molecular formula is C11H10N2O3. The summed E-state index contributed by atoms with van der Waals surface area (Å²) in [6.45, 7) is 1.86. The first-order valence-electron chi connectivity index (χ1n) is 4.71. The molecule has 16 heavy (non-hydrogen) atoms. The molecule has 1 aromatic heterocycles. The highest BCUT2D eigenvalue weighted by Gasteiger charge is 2.12. The second kappa shape index (κ2) is 3.77. The third-order valence-electron chi connectivity index (χ3n) is 2.31. The van der Waals surface area contributed by atoms with E-state index in [1.54, 1.807) is 6.07 Å². The van der Waals surface area contributed by atoms with Gasteiger partial charge < -0.3 is 4.74 Å². The summed E-state index contributed by atoms with van der Waals surface area (Å²) in [5.74, 6) is 0.424. The number of rotatable bonds is 2. The topological polar surface area (TPSA) is 65.3 Å². The van der Waals surface area contributed by atoms with Gasteiger partial charge in [0.15, 0.2) is 5.75 Å². The highest BCUT2D eigenvalue weighted by molar-refractivity contribution is 5.87. The maximum Gasteiger partial charge on any atom is 0.273 e. The number of hydrogen-bond acceptors (Lipinski definition) is 4. The van der Waals surface area contributed by atoms with Crippen LogP contribution in [0.2, 0.25) is 0 Å². The van der Waals surface area contributed by atoms with E-state index in [2.05, 4.69) is 4.98 Å². The van der Waals surface area contributed by atoms with Gasteiger partial charge in [0.2, 0.25) is 0 Å². The van der Waals surface area contributed by atoms with Gasteiger partial charge in [-0.05, 0) is 13.0 Å². The van der Waals surface area contributed by atoms with Crippen molar-refractivity contribution >= 4 is 16.6 Å². The van der Waals surface area contributed by atoms with Crippen molar-refractivity contribution in [3.8, 4) is 5.75 Å². The summed E-state index contributed by atoms with van der Waals surface area (Å²) in [5.41, 5.74) is 1.50. The Hall–Kier alpha value is -2.17. The van der Waals surface area contributed by atoms with Gasteiger partial charge in [0.25, 0.3) is 5.69 Å². The lowest BCUT2D eigenvalue weighted by molar-refractivity contribution is -0.384. The summed E-state index contributed by atoms with van der Waals surface area (Å²) in [5, 5.41) is 11.4. The van der Waals surface area contributed by atoms with Gasteiger partial charge in [0.1, 0.15) is 5.52 Å². The molecule has 0 unspecified atom stereocenters. The van der Waals surface area contributed by atoms with Crippen LogP contribution in [0.1, 0.15) is 5.69 Å². The zero-order chi connectivity index (χ0) is 11.7. The van der Waals surface area contributed by atoms with Crippen LogP contribution >= 0.6 is 0 Å². The number of hydrogen-bond donors (Lipinski definition) is 0. The van der Waals surface area contributed by atoms with E-state index in [9.17, 15) is 10.1 Å². The van der Waals surface area contributed by atoms with Crippen LogP contribution in [-0.2, 0) is 0 Å². The number of pyridine rings is 1. The molecule has 5 nitrogen and oxygen atoms in total. The fourth-order valence-corrected chi connectivity index (χ4v) is 1.55. The molecule has 1 aromatic carbocycles. The molecule has 0 fully saturated rings. The number of non-ortho nitro benzene ring substituents is 1. The Morgan fingerprint density at radius 2 is 2.12 bits per heavy atom. The molecule has 0 aliphatic rings. The van der Waals surface area contributed by atoms with E-state index in [0.29, 0.717) is 16.7 Å². The Morgan fingerprint density at radius 3 is 2.75 bits per heavy atom. The largest absolute Gasteiger partial charge is 0.494 e. The molecule has 0 N–H and O–H groups in total. The van der Waals surface area contributed by atoms with Crippen LogP contribution in [0, 0.1) is 17.0 Å². The number of methoxy groups -OCH3 is 1. The molecule has 5 heteroatoms. The summed E-state index contributed by atoms with van der Waals surface area (Å²) in [6.07, 6.45) is 0. The summed E-state index contributed by atoms with van der Waals surface area (Å²) < 4.78 is 5.11. The Balaban J connectivity index is 2.78. The molecule has 0 spiro atoms. The quantitative estimate of drug-likeness (QED) is 0.573. The lowest BCUT2D eigenvalue weighted by Crippen LogP contribution is -1.93. The van der Waals surface area contributed by atoms with Crippen LogP contribution in [0.3, 0.4) is 0 Å². The van der Waals surface area contributed by atoms with Gasteiger partial charge in [-0.3, -0.25) is 10.1 Å². The standard InChI is InChI=1S/C11H10N2O3/c1-7-3-4-8-5-9(13(14)15)6-10(16-2)11(8)12-7/h3-6H,1-2H3. The number of nitrogens with zero attached hydrogens (tertiary/aromatic N) is 2. The van der Waals surface area contributed by atoms with Crippen molar-refractivity contribution in [2.75, 3.05) is 7.11 Å². The SMILES string of the molecule is COc1cc([N+](=O)[O-])cc2ccc(C)nc12. The van der Waals surface area contributed by atoms with Gasteiger partial charge >= 0.3 is 0 Å². The second-order valence-electron chi connectivity index (χ2n) is 3.43. The van der Waals surface area contributed by atoms with E-state index in [-0.39, 0.29) is 5.69 Å². The van der Waals surface area contributed by atoms with Crippen LogP contribution in [0.25, 0.3) is 10.9 Å². The molecule has 0 bridgehead atoms. The summed E-state index contributed by atoms with van der Waals surface area (Å²) >= 11 is 0. The highest BCUT2D eigenvalue weighted by Crippen LogP contribution is 2.29. The normalized spacial score (nSPS) is 10.4. The van der Waals surface area contributed by atoms with Gasteiger partial charge in [-0.2, -0.15) is 0 Å². The number of ether oxygens (including phenoxy) is 1. The van der Waals surface area contributed by atoms with E-state index in [1.807, 2.05) is 13.0 Å². The number of nitro groups is 1. The van der Waals surface area contributed by atoms with E-state index in [1.165, 1.54) is 19.2 Å².